The molecule has 1 heterocycles. The van der Waals surface area contributed by atoms with Crippen molar-refractivity contribution in [1.29, 1.82) is 0 Å². The van der Waals surface area contributed by atoms with E-state index in [2.05, 4.69) is 41.4 Å². The van der Waals surface area contributed by atoms with E-state index in [0.717, 1.165) is 18.2 Å². The molecule has 1 saturated carbocycles. The Morgan fingerprint density at radius 2 is 1.81 bits per heavy atom. The predicted octanol–water partition coefficient (Wildman–Crippen LogP) is 3.99. The number of likely N-dealkylation sites (tertiary alicyclic amines) is 1. The molecule has 1 saturated heterocycles. The van der Waals surface area contributed by atoms with E-state index >= 15 is 0 Å². The predicted molar refractivity (Wildman–Crippen MR) is 92.7 cm³/mol. The van der Waals surface area contributed by atoms with E-state index in [-0.39, 0.29) is 0 Å². The van der Waals surface area contributed by atoms with Crippen LogP contribution in [0.4, 0.5) is 0 Å². The highest BCUT2D eigenvalue weighted by atomic mass is 32.1. The average Bonchev–Trinajstić information content (AvgIpc) is 2.99. The van der Waals surface area contributed by atoms with Crippen LogP contribution >= 0.6 is 12.2 Å². The van der Waals surface area contributed by atoms with Crippen molar-refractivity contribution in [1.82, 2.24) is 10.2 Å². The molecule has 21 heavy (non-hydrogen) atoms. The number of nitrogens with zero attached hydrogens (tertiary/aromatic N) is 1. The summed E-state index contributed by atoms with van der Waals surface area (Å²) in [5.74, 6) is 0.636. The topological polar surface area (TPSA) is 15.3 Å². The van der Waals surface area contributed by atoms with Crippen LogP contribution in [0.5, 0.6) is 0 Å². The standard InChI is InChI=1S/C18H26N2S/c1-14-7-9-15(10-8-14)16-11-12-20(13-16)18(21)19-17-5-3-2-4-6-17/h7-10,16-17H,2-6,11-13H2,1H3,(H,19,21)/t16-/m0/s1. The molecule has 1 N–H and O–H groups in total. The Morgan fingerprint density at radius 1 is 1.10 bits per heavy atom. The first-order valence-corrected chi connectivity index (χ1v) is 8.75. The molecule has 0 unspecified atom stereocenters. The van der Waals surface area contributed by atoms with Gasteiger partial charge in [-0.25, -0.2) is 0 Å². The highest BCUT2D eigenvalue weighted by Gasteiger charge is 2.26. The van der Waals surface area contributed by atoms with Gasteiger partial charge in [-0.3, -0.25) is 0 Å². The molecule has 1 atom stereocenters. The lowest BCUT2D eigenvalue weighted by Gasteiger charge is -2.28. The second-order valence-electron chi connectivity index (χ2n) is 6.63. The molecule has 1 aromatic rings. The number of rotatable bonds is 2. The fraction of sp³-hybridized carbons (Fsp3) is 0.611. The van der Waals surface area contributed by atoms with E-state index in [4.69, 9.17) is 12.2 Å². The van der Waals surface area contributed by atoms with E-state index in [1.165, 1.54) is 49.7 Å². The van der Waals surface area contributed by atoms with Gasteiger partial charge in [0.25, 0.3) is 0 Å². The monoisotopic (exact) mass is 302 g/mol. The molecule has 0 bridgehead atoms. The fourth-order valence-electron chi connectivity index (χ4n) is 3.57. The van der Waals surface area contributed by atoms with Crippen molar-refractivity contribution in [2.24, 2.45) is 0 Å². The summed E-state index contributed by atoms with van der Waals surface area (Å²) >= 11 is 5.63. The molecule has 114 valence electrons. The first kappa shape index (κ1) is 14.8. The quantitative estimate of drug-likeness (QED) is 0.832. The molecule has 0 aromatic heterocycles. The summed E-state index contributed by atoms with van der Waals surface area (Å²) in [6.07, 6.45) is 7.89. The van der Waals surface area contributed by atoms with Crippen LogP contribution in [0.15, 0.2) is 24.3 Å². The summed E-state index contributed by atoms with van der Waals surface area (Å²) in [6.45, 7) is 4.31. The average molecular weight is 302 g/mol. The van der Waals surface area contributed by atoms with E-state index in [1.807, 2.05) is 0 Å². The Hall–Kier alpha value is -1.09. The highest BCUT2D eigenvalue weighted by molar-refractivity contribution is 7.80. The van der Waals surface area contributed by atoms with Gasteiger partial charge in [-0.15, -0.1) is 0 Å². The number of nitrogens with one attached hydrogen (secondary N) is 1. The van der Waals surface area contributed by atoms with Crippen LogP contribution in [0.25, 0.3) is 0 Å². The summed E-state index contributed by atoms with van der Waals surface area (Å²) in [5, 5.41) is 4.58. The zero-order valence-corrected chi connectivity index (χ0v) is 13.8. The maximum Gasteiger partial charge on any atom is 0.169 e. The molecule has 0 spiro atoms. The van der Waals surface area contributed by atoms with Gasteiger partial charge >= 0.3 is 0 Å². The maximum absolute atomic E-state index is 5.63. The van der Waals surface area contributed by atoms with E-state index in [1.54, 1.807) is 0 Å². The van der Waals surface area contributed by atoms with E-state index in [0.29, 0.717) is 12.0 Å². The lowest BCUT2D eigenvalue weighted by atomic mass is 9.96. The molecule has 2 nitrogen and oxygen atoms in total. The molecular formula is C18H26N2S. The summed E-state index contributed by atoms with van der Waals surface area (Å²) in [4.78, 5) is 2.37. The first-order chi connectivity index (χ1) is 10.2. The van der Waals surface area contributed by atoms with Crippen molar-refractivity contribution in [2.45, 2.75) is 57.4 Å². The van der Waals surface area contributed by atoms with E-state index in [9.17, 15) is 0 Å². The Balaban J connectivity index is 1.53. The van der Waals surface area contributed by atoms with Crippen molar-refractivity contribution in [3.05, 3.63) is 35.4 Å². The Kier molecular flexibility index (Phi) is 4.79. The molecule has 0 amide bonds. The third kappa shape index (κ3) is 3.76. The van der Waals surface area contributed by atoms with Crippen LogP contribution in [0.2, 0.25) is 0 Å². The fourth-order valence-corrected chi connectivity index (χ4v) is 3.90. The minimum Gasteiger partial charge on any atom is -0.360 e. The SMILES string of the molecule is Cc1ccc([C@H]2CCN(C(=S)NC3CCCCC3)C2)cc1. The van der Waals surface area contributed by atoms with Crippen LogP contribution in [0.3, 0.4) is 0 Å². The first-order valence-electron chi connectivity index (χ1n) is 8.34. The van der Waals surface area contributed by atoms with Crippen LogP contribution in [0, 0.1) is 6.92 Å². The molecule has 1 aliphatic carbocycles. The second-order valence-corrected chi connectivity index (χ2v) is 7.01. The maximum atomic E-state index is 5.63. The summed E-state index contributed by atoms with van der Waals surface area (Å²) < 4.78 is 0. The molecular weight excluding hydrogens is 276 g/mol. The van der Waals surface area contributed by atoms with Gasteiger partial charge in [0, 0.05) is 25.0 Å². The molecule has 0 radical (unpaired) electrons. The number of aryl methyl sites for hydroxylation is 1. The molecule has 1 aliphatic heterocycles. The number of thiocarbonyl (C=S) groups is 1. The molecule has 2 aliphatic rings. The zero-order valence-electron chi connectivity index (χ0n) is 13.0. The lowest BCUT2D eigenvalue weighted by molar-refractivity contribution is 0.394. The van der Waals surface area contributed by atoms with Gasteiger partial charge in [-0.05, 0) is 44.0 Å². The van der Waals surface area contributed by atoms with Gasteiger partial charge in [0.2, 0.25) is 0 Å². The van der Waals surface area contributed by atoms with Crippen LogP contribution in [-0.2, 0) is 0 Å². The second kappa shape index (κ2) is 6.78. The van der Waals surface area contributed by atoms with Crippen LogP contribution < -0.4 is 5.32 Å². The van der Waals surface area contributed by atoms with Crippen molar-refractivity contribution < 1.29 is 0 Å². The minimum atomic E-state index is 0.615. The zero-order chi connectivity index (χ0) is 14.7. The minimum absolute atomic E-state index is 0.615. The summed E-state index contributed by atoms with van der Waals surface area (Å²) in [5.41, 5.74) is 2.80. The van der Waals surface area contributed by atoms with Crippen LogP contribution in [-0.4, -0.2) is 29.1 Å². The number of hydrogen-bond donors (Lipinski definition) is 1. The normalized spacial score (nSPS) is 23.3. The van der Waals surface area contributed by atoms with Gasteiger partial charge < -0.3 is 10.2 Å². The molecule has 3 rings (SSSR count). The third-order valence-corrected chi connectivity index (χ3v) is 5.33. The smallest absolute Gasteiger partial charge is 0.169 e. The van der Waals surface area contributed by atoms with Gasteiger partial charge in [0.1, 0.15) is 0 Å². The Morgan fingerprint density at radius 3 is 2.52 bits per heavy atom. The lowest BCUT2D eigenvalue weighted by Crippen LogP contribution is -2.44. The van der Waals surface area contributed by atoms with Gasteiger partial charge in [0.05, 0.1) is 0 Å². The van der Waals surface area contributed by atoms with Crippen molar-refractivity contribution in [2.75, 3.05) is 13.1 Å². The third-order valence-electron chi connectivity index (χ3n) is 4.96. The van der Waals surface area contributed by atoms with Crippen LogP contribution in [0.1, 0.15) is 55.6 Å². The molecule has 1 aromatic carbocycles. The Labute approximate surface area is 133 Å². The molecule has 3 heteroatoms. The Bertz CT molecular complexity index is 476. The number of hydrogen-bond acceptors (Lipinski definition) is 1. The van der Waals surface area contributed by atoms with Gasteiger partial charge in [-0.2, -0.15) is 0 Å². The van der Waals surface area contributed by atoms with Crippen molar-refractivity contribution >= 4 is 17.3 Å². The van der Waals surface area contributed by atoms with Gasteiger partial charge in [-0.1, -0.05) is 49.1 Å². The summed E-state index contributed by atoms with van der Waals surface area (Å²) in [7, 11) is 0. The largest absolute Gasteiger partial charge is 0.360 e. The van der Waals surface area contributed by atoms with Gasteiger partial charge in [0.15, 0.2) is 5.11 Å². The summed E-state index contributed by atoms with van der Waals surface area (Å²) in [6, 6.07) is 9.61. The molecule has 2 fully saturated rings. The van der Waals surface area contributed by atoms with E-state index < -0.39 is 0 Å². The number of benzene rings is 1. The highest BCUT2D eigenvalue weighted by Crippen LogP contribution is 2.27. The van der Waals surface area contributed by atoms with Crippen molar-refractivity contribution in [3.63, 3.8) is 0 Å². The van der Waals surface area contributed by atoms with Crippen molar-refractivity contribution in [3.8, 4) is 0 Å².